The molecule has 3 aromatic carbocycles. The second-order valence-corrected chi connectivity index (χ2v) is 9.59. The smallest absolute Gasteiger partial charge is 0.243 e. The summed E-state index contributed by atoms with van der Waals surface area (Å²) in [6.07, 6.45) is 0.446. The summed E-state index contributed by atoms with van der Waals surface area (Å²) in [7, 11) is 0. The van der Waals surface area contributed by atoms with Gasteiger partial charge in [-0.15, -0.1) is 11.8 Å². The average molecular weight is 495 g/mol. The zero-order valence-electron chi connectivity index (χ0n) is 19.7. The Morgan fingerprint density at radius 2 is 1.68 bits per heavy atom. The van der Waals surface area contributed by atoms with Gasteiger partial charge in [-0.1, -0.05) is 78.3 Å². The summed E-state index contributed by atoms with van der Waals surface area (Å²) in [6.45, 7) is 4.79. The van der Waals surface area contributed by atoms with Gasteiger partial charge in [0, 0.05) is 30.3 Å². The Kier molecular flexibility index (Phi) is 10.0. The molecule has 0 spiro atoms. The number of carbonyl (C=O) groups excluding carboxylic acids is 2. The maximum Gasteiger partial charge on any atom is 0.243 e. The third kappa shape index (κ3) is 7.64. The number of nitrogens with one attached hydrogen (secondary N) is 1. The largest absolute Gasteiger partial charge is 0.355 e. The molecule has 4 nitrogen and oxygen atoms in total. The molecular weight excluding hydrogens is 464 g/mol. The second-order valence-electron chi connectivity index (χ2n) is 8.17. The van der Waals surface area contributed by atoms with Crippen LogP contribution in [0.4, 0.5) is 0 Å². The first kappa shape index (κ1) is 25.9. The lowest BCUT2D eigenvalue weighted by Crippen LogP contribution is -2.51. The van der Waals surface area contributed by atoms with Crippen LogP contribution in [0.1, 0.15) is 29.2 Å². The van der Waals surface area contributed by atoms with E-state index in [2.05, 4.69) is 24.4 Å². The van der Waals surface area contributed by atoms with Crippen molar-refractivity contribution in [1.82, 2.24) is 10.2 Å². The number of halogens is 1. The lowest BCUT2D eigenvalue weighted by Gasteiger charge is -2.31. The minimum absolute atomic E-state index is 0.0641. The number of hydrogen-bond donors (Lipinski definition) is 1. The normalized spacial score (nSPS) is 11.6. The first-order valence-electron chi connectivity index (χ1n) is 11.5. The van der Waals surface area contributed by atoms with Crippen LogP contribution in [0.3, 0.4) is 0 Å². The fourth-order valence-corrected chi connectivity index (χ4v) is 4.98. The molecule has 0 heterocycles. The summed E-state index contributed by atoms with van der Waals surface area (Å²) in [6, 6.07) is 24.9. The van der Waals surface area contributed by atoms with Crippen molar-refractivity contribution in [3.05, 3.63) is 106 Å². The molecule has 34 heavy (non-hydrogen) atoms. The Bertz CT molecular complexity index is 1090. The van der Waals surface area contributed by atoms with Gasteiger partial charge in [0.15, 0.2) is 0 Å². The number of amides is 2. The van der Waals surface area contributed by atoms with E-state index in [-0.39, 0.29) is 11.8 Å². The molecule has 0 aromatic heterocycles. The zero-order valence-corrected chi connectivity index (χ0v) is 21.2. The molecule has 0 fully saturated rings. The first-order valence-corrected chi connectivity index (χ1v) is 13.0. The Labute approximate surface area is 211 Å². The summed E-state index contributed by atoms with van der Waals surface area (Å²) < 4.78 is 0. The SMILES string of the molecule is CCNC(=O)[C@H](Cc1ccccc1)N(Cc1cccc(Cl)c1)C(=O)CSCc1ccccc1C. The highest BCUT2D eigenvalue weighted by atomic mass is 35.5. The molecule has 0 saturated carbocycles. The monoisotopic (exact) mass is 494 g/mol. The average Bonchev–Trinajstić information content (AvgIpc) is 2.83. The van der Waals surface area contributed by atoms with Crippen LogP contribution in [0, 0.1) is 6.92 Å². The van der Waals surface area contributed by atoms with Crippen molar-refractivity contribution in [2.75, 3.05) is 12.3 Å². The number of rotatable bonds is 11. The van der Waals surface area contributed by atoms with Crippen LogP contribution in [-0.2, 0) is 28.3 Å². The highest BCUT2D eigenvalue weighted by Gasteiger charge is 2.30. The minimum atomic E-state index is -0.618. The Morgan fingerprint density at radius 1 is 0.971 bits per heavy atom. The summed E-state index contributed by atoms with van der Waals surface area (Å²) in [5.74, 6) is 0.824. The van der Waals surface area contributed by atoms with E-state index in [1.165, 1.54) is 11.1 Å². The van der Waals surface area contributed by atoms with Crippen molar-refractivity contribution < 1.29 is 9.59 Å². The number of carbonyl (C=O) groups is 2. The van der Waals surface area contributed by atoms with E-state index in [9.17, 15) is 9.59 Å². The molecule has 2 amide bonds. The first-order chi connectivity index (χ1) is 16.5. The predicted octanol–water partition coefficient (Wildman–Crippen LogP) is 5.66. The molecule has 1 N–H and O–H groups in total. The standard InChI is InChI=1S/C28H31ClN2O2S/c1-3-30-28(33)26(17-22-11-5-4-6-12-22)31(18-23-13-9-15-25(29)16-23)27(32)20-34-19-24-14-8-7-10-21(24)2/h4-16,26H,3,17-20H2,1-2H3,(H,30,33)/t26-/m0/s1. The van der Waals surface area contributed by atoms with Gasteiger partial charge in [0.1, 0.15) is 6.04 Å². The van der Waals surface area contributed by atoms with Gasteiger partial charge in [-0.25, -0.2) is 0 Å². The number of likely N-dealkylation sites (N-methyl/N-ethyl adjacent to an activating group) is 1. The van der Waals surface area contributed by atoms with Crippen LogP contribution in [0.5, 0.6) is 0 Å². The second kappa shape index (κ2) is 13.2. The molecule has 3 rings (SSSR count). The quantitative estimate of drug-likeness (QED) is 0.374. The number of hydrogen-bond acceptors (Lipinski definition) is 3. The van der Waals surface area contributed by atoms with Crippen LogP contribution in [0.25, 0.3) is 0 Å². The van der Waals surface area contributed by atoms with Gasteiger partial charge >= 0.3 is 0 Å². The van der Waals surface area contributed by atoms with Crippen molar-refractivity contribution in [3.8, 4) is 0 Å². The van der Waals surface area contributed by atoms with E-state index in [4.69, 9.17) is 11.6 Å². The molecule has 0 aliphatic carbocycles. The van der Waals surface area contributed by atoms with Crippen LogP contribution in [0.2, 0.25) is 5.02 Å². The van der Waals surface area contributed by atoms with E-state index >= 15 is 0 Å². The maximum atomic E-state index is 13.5. The topological polar surface area (TPSA) is 49.4 Å². The van der Waals surface area contributed by atoms with Gasteiger partial charge in [-0.3, -0.25) is 9.59 Å². The number of thioether (sulfide) groups is 1. The Balaban J connectivity index is 1.83. The molecule has 3 aromatic rings. The van der Waals surface area contributed by atoms with Crippen LogP contribution >= 0.6 is 23.4 Å². The van der Waals surface area contributed by atoms with Crippen LogP contribution in [-0.4, -0.2) is 35.1 Å². The van der Waals surface area contributed by atoms with Gasteiger partial charge in [-0.05, 0) is 48.2 Å². The van der Waals surface area contributed by atoms with E-state index < -0.39 is 6.04 Å². The maximum absolute atomic E-state index is 13.5. The van der Waals surface area contributed by atoms with Crippen molar-refractivity contribution in [3.63, 3.8) is 0 Å². The van der Waals surface area contributed by atoms with Crippen LogP contribution < -0.4 is 5.32 Å². The molecule has 0 unspecified atom stereocenters. The molecule has 0 aliphatic rings. The predicted molar refractivity (Wildman–Crippen MR) is 142 cm³/mol. The van der Waals surface area contributed by atoms with Crippen molar-refractivity contribution in [2.24, 2.45) is 0 Å². The summed E-state index contributed by atoms with van der Waals surface area (Å²) in [5, 5.41) is 3.53. The van der Waals surface area contributed by atoms with Crippen LogP contribution in [0.15, 0.2) is 78.9 Å². The number of aryl methyl sites for hydroxylation is 1. The summed E-state index contributed by atoms with van der Waals surface area (Å²) in [5.41, 5.74) is 4.33. The molecule has 0 aliphatic heterocycles. The van der Waals surface area contributed by atoms with Gasteiger partial charge in [0.2, 0.25) is 11.8 Å². The van der Waals surface area contributed by atoms with Crippen molar-refractivity contribution in [1.29, 1.82) is 0 Å². The Morgan fingerprint density at radius 3 is 2.38 bits per heavy atom. The lowest BCUT2D eigenvalue weighted by atomic mass is 10.0. The minimum Gasteiger partial charge on any atom is -0.355 e. The molecule has 178 valence electrons. The van der Waals surface area contributed by atoms with Crippen molar-refractivity contribution >= 4 is 35.2 Å². The van der Waals surface area contributed by atoms with E-state index in [0.29, 0.717) is 30.3 Å². The highest BCUT2D eigenvalue weighted by Crippen LogP contribution is 2.21. The highest BCUT2D eigenvalue weighted by molar-refractivity contribution is 7.99. The molecule has 0 bridgehead atoms. The summed E-state index contributed by atoms with van der Waals surface area (Å²) >= 11 is 7.78. The van der Waals surface area contributed by atoms with Gasteiger partial charge < -0.3 is 10.2 Å². The fourth-order valence-electron chi connectivity index (χ4n) is 3.78. The third-order valence-corrected chi connectivity index (χ3v) is 6.81. The van der Waals surface area contributed by atoms with Crippen molar-refractivity contribution in [2.45, 2.75) is 38.6 Å². The molecule has 1 atom stereocenters. The Hall–Kier alpha value is -2.76. The fraction of sp³-hybridized carbons (Fsp3) is 0.286. The number of benzene rings is 3. The summed E-state index contributed by atoms with van der Waals surface area (Å²) in [4.78, 5) is 28.4. The van der Waals surface area contributed by atoms with Gasteiger partial charge in [0.05, 0.1) is 5.75 Å². The lowest BCUT2D eigenvalue weighted by molar-refractivity contribution is -0.139. The molecular formula is C28H31ClN2O2S. The zero-order chi connectivity index (χ0) is 24.3. The van der Waals surface area contributed by atoms with E-state index in [0.717, 1.165) is 16.9 Å². The molecule has 0 radical (unpaired) electrons. The third-order valence-electron chi connectivity index (χ3n) is 5.61. The van der Waals surface area contributed by atoms with Gasteiger partial charge in [0.25, 0.3) is 0 Å². The molecule has 6 heteroatoms. The van der Waals surface area contributed by atoms with Gasteiger partial charge in [-0.2, -0.15) is 0 Å². The van der Waals surface area contributed by atoms with E-state index in [1.54, 1.807) is 22.7 Å². The molecule has 0 saturated heterocycles. The van der Waals surface area contributed by atoms with E-state index in [1.807, 2.05) is 67.6 Å². The number of nitrogens with zero attached hydrogens (tertiary/aromatic N) is 1.